The third-order valence-electron chi connectivity index (χ3n) is 5.39. The van der Waals surface area contributed by atoms with Crippen LogP contribution in [0.25, 0.3) is 6.08 Å². The van der Waals surface area contributed by atoms with E-state index < -0.39 is 17.8 Å². The van der Waals surface area contributed by atoms with Gasteiger partial charge < -0.3 is 10.1 Å². The van der Waals surface area contributed by atoms with E-state index in [2.05, 4.69) is 10.6 Å². The lowest BCUT2D eigenvalue weighted by atomic mass is 10.1. The maximum Gasteiger partial charge on any atom is 0.335 e. The molecule has 3 aromatic carbocycles. The molecule has 0 radical (unpaired) electrons. The molecule has 5 amide bonds. The van der Waals surface area contributed by atoms with Crippen LogP contribution < -0.4 is 20.3 Å². The van der Waals surface area contributed by atoms with Crippen LogP contribution in [-0.4, -0.2) is 30.4 Å². The van der Waals surface area contributed by atoms with Crippen molar-refractivity contribution in [2.75, 3.05) is 16.8 Å². The van der Waals surface area contributed by atoms with Gasteiger partial charge in [-0.2, -0.15) is 0 Å². The van der Waals surface area contributed by atoms with E-state index in [4.69, 9.17) is 16.3 Å². The molecule has 0 aromatic heterocycles. The van der Waals surface area contributed by atoms with E-state index in [1.165, 1.54) is 12.1 Å². The van der Waals surface area contributed by atoms with Crippen molar-refractivity contribution in [1.29, 1.82) is 0 Å². The van der Waals surface area contributed by atoms with Gasteiger partial charge in [-0.25, -0.2) is 9.69 Å². The first-order valence-corrected chi connectivity index (χ1v) is 11.4. The number of aryl methyl sites for hydroxylation is 2. The zero-order valence-corrected chi connectivity index (χ0v) is 20.3. The van der Waals surface area contributed by atoms with Crippen LogP contribution in [-0.2, 0) is 14.4 Å². The molecule has 0 unspecified atom stereocenters. The largest absolute Gasteiger partial charge is 0.484 e. The number of urea groups is 1. The molecule has 1 fully saturated rings. The molecule has 36 heavy (non-hydrogen) atoms. The Morgan fingerprint density at radius 2 is 1.78 bits per heavy atom. The Balaban J connectivity index is 1.50. The highest BCUT2D eigenvalue weighted by atomic mass is 35.5. The smallest absolute Gasteiger partial charge is 0.335 e. The normalized spacial score (nSPS) is 14.6. The molecule has 1 heterocycles. The number of rotatable bonds is 6. The monoisotopic (exact) mass is 503 g/mol. The van der Waals surface area contributed by atoms with E-state index in [9.17, 15) is 19.2 Å². The topological polar surface area (TPSA) is 105 Å². The summed E-state index contributed by atoms with van der Waals surface area (Å²) in [6, 6.07) is 17.9. The maximum absolute atomic E-state index is 13.2. The Hall–Kier alpha value is -4.43. The van der Waals surface area contributed by atoms with Crippen molar-refractivity contribution in [3.8, 4) is 5.75 Å². The number of hydrogen-bond donors (Lipinski definition) is 2. The maximum atomic E-state index is 13.2. The van der Waals surface area contributed by atoms with E-state index >= 15 is 0 Å². The average Bonchev–Trinajstić information content (AvgIpc) is 2.84. The van der Waals surface area contributed by atoms with Crippen LogP contribution >= 0.6 is 11.6 Å². The van der Waals surface area contributed by atoms with Crippen LogP contribution in [0.3, 0.4) is 0 Å². The van der Waals surface area contributed by atoms with Gasteiger partial charge in [0.25, 0.3) is 17.7 Å². The van der Waals surface area contributed by atoms with Gasteiger partial charge in [0.1, 0.15) is 11.3 Å². The molecular weight excluding hydrogens is 482 g/mol. The molecule has 3 aromatic rings. The first-order chi connectivity index (χ1) is 17.2. The Morgan fingerprint density at radius 3 is 2.53 bits per heavy atom. The van der Waals surface area contributed by atoms with Crippen LogP contribution in [0.4, 0.5) is 16.2 Å². The van der Waals surface area contributed by atoms with E-state index in [1.54, 1.807) is 55.5 Å². The fraction of sp³-hybridized carbons (Fsp3) is 0.111. The quantitative estimate of drug-likeness (QED) is 0.376. The number of amides is 5. The van der Waals surface area contributed by atoms with Crippen LogP contribution in [0.5, 0.6) is 5.75 Å². The molecule has 182 valence electrons. The van der Waals surface area contributed by atoms with E-state index in [1.807, 2.05) is 19.1 Å². The number of barbiturate groups is 1. The second-order valence-electron chi connectivity index (χ2n) is 8.16. The molecule has 4 rings (SSSR count). The van der Waals surface area contributed by atoms with E-state index in [-0.39, 0.29) is 23.8 Å². The number of carbonyl (C=O) groups excluding carboxylic acids is 4. The minimum absolute atomic E-state index is 0.232. The fourth-order valence-corrected chi connectivity index (χ4v) is 3.71. The summed E-state index contributed by atoms with van der Waals surface area (Å²) in [6.07, 6.45) is 1.36. The highest BCUT2D eigenvalue weighted by Crippen LogP contribution is 2.28. The third-order valence-corrected chi connectivity index (χ3v) is 5.62. The number of hydrogen-bond acceptors (Lipinski definition) is 5. The van der Waals surface area contributed by atoms with Gasteiger partial charge >= 0.3 is 6.03 Å². The standard InChI is InChI=1S/C27H22ClN3O5/c1-16-6-10-20(11-7-16)29-24(32)15-36-21-5-3-4-18(12-21)13-22-25(33)30-27(35)31(26(22)34)23-14-19(28)9-8-17(23)2/h3-14H,15H2,1-2H3,(H,29,32)(H,30,33,35)/b22-13-. The number of imide groups is 2. The van der Waals surface area contributed by atoms with Gasteiger partial charge in [0.2, 0.25) is 0 Å². The molecule has 0 spiro atoms. The zero-order valence-electron chi connectivity index (χ0n) is 19.5. The summed E-state index contributed by atoms with van der Waals surface area (Å²) in [6.45, 7) is 3.45. The lowest BCUT2D eigenvalue weighted by molar-refractivity contribution is -0.122. The van der Waals surface area contributed by atoms with Crippen molar-refractivity contribution in [2.45, 2.75) is 13.8 Å². The van der Waals surface area contributed by atoms with Crippen LogP contribution in [0, 0.1) is 13.8 Å². The second-order valence-corrected chi connectivity index (χ2v) is 8.60. The predicted octanol–water partition coefficient (Wildman–Crippen LogP) is 4.64. The SMILES string of the molecule is Cc1ccc(NC(=O)COc2cccc(/C=C3/C(=O)NC(=O)N(c4cc(Cl)ccc4C)C3=O)c2)cc1. The molecule has 0 saturated carbocycles. The number of nitrogens with one attached hydrogen (secondary N) is 2. The number of ether oxygens (including phenoxy) is 1. The van der Waals surface area contributed by atoms with Gasteiger partial charge in [-0.05, 0) is 67.4 Å². The van der Waals surface area contributed by atoms with Crippen molar-refractivity contribution >= 4 is 52.8 Å². The third kappa shape index (κ3) is 5.61. The van der Waals surface area contributed by atoms with Crippen LogP contribution in [0.2, 0.25) is 5.02 Å². The van der Waals surface area contributed by atoms with Gasteiger partial charge in [0, 0.05) is 10.7 Å². The molecule has 9 heteroatoms. The van der Waals surface area contributed by atoms with Crippen molar-refractivity contribution in [1.82, 2.24) is 5.32 Å². The van der Waals surface area contributed by atoms with Crippen molar-refractivity contribution < 1.29 is 23.9 Å². The lowest BCUT2D eigenvalue weighted by Crippen LogP contribution is -2.54. The first-order valence-electron chi connectivity index (χ1n) is 11.0. The zero-order chi connectivity index (χ0) is 25.8. The number of benzene rings is 3. The number of carbonyl (C=O) groups is 4. The minimum Gasteiger partial charge on any atom is -0.484 e. The fourth-order valence-electron chi connectivity index (χ4n) is 3.54. The average molecular weight is 504 g/mol. The molecule has 1 aliphatic rings. The molecular formula is C27H22ClN3O5. The summed E-state index contributed by atoms with van der Waals surface area (Å²) in [5, 5.41) is 5.27. The van der Waals surface area contributed by atoms with E-state index in [0.717, 1.165) is 10.5 Å². The molecule has 1 aliphatic heterocycles. The van der Waals surface area contributed by atoms with E-state index in [0.29, 0.717) is 27.6 Å². The van der Waals surface area contributed by atoms with Crippen LogP contribution in [0.15, 0.2) is 72.3 Å². The summed E-state index contributed by atoms with van der Waals surface area (Å²) in [5.74, 6) is -1.57. The number of nitrogens with zero attached hydrogens (tertiary/aromatic N) is 1. The summed E-state index contributed by atoms with van der Waals surface area (Å²) in [5.41, 5.74) is 2.89. The minimum atomic E-state index is -0.857. The lowest BCUT2D eigenvalue weighted by Gasteiger charge is -2.27. The Labute approximate surface area is 212 Å². The Morgan fingerprint density at radius 1 is 1.03 bits per heavy atom. The number of halogens is 1. The Kier molecular flexibility index (Phi) is 7.17. The molecule has 1 saturated heterocycles. The number of anilines is 2. The predicted molar refractivity (Wildman–Crippen MR) is 137 cm³/mol. The van der Waals surface area contributed by atoms with Crippen molar-refractivity contribution in [3.05, 3.63) is 94.0 Å². The Bertz CT molecular complexity index is 1400. The van der Waals surface area contributed by atoms with Crippen molar-refractivity contribution in [3.63, 3.8) is 0 Å². The molecule has 0 atom stereocenters. The van der Waals surface area contributed by atoms with Gasteiger partial charge in [0.05, 0.1) is 5.69 Å². The van der Waals surface area contributed by atoms with Crippen molar-refractivity contribution in [2.24, 2.45) is 0 Å². The van der Waals surface area contributed by atoms with Gasteiger partial charge in [-0.1, -0.05) is 47.5 Å². The van der Waals surface area contributed by atoms with Crippen LogP contribution in [0.1, 0.15) is 16.7 Å². The second kappa shape index (κ2) is 10.5. The first kappa shape index (κ1) is 24.7. The highest BCUT2D eigenvalue weighted by Gasteiger charge is 2.37. The summed E-state index contributed by atoms with van der Waals surface area (Å²) < 4.78 is 5.58. The molecule has 0 aliphatic carbocycles. The van der Waals surface area contributed by atoms with Gasteiger partial charge in [0.15, 0.2) is 6.61 Å². The molecule has 8 nitrogen and oxygen atoms in total. The van der Waals surface area contributed by atoms with Gasteiger partial charge in [-0.3, -0.25) is 19.7 Å². The van der Waals surface area contributed by atoms with Gasteiger partial charge in [-0.15, -0.1) is 0 Å². The highest BCUT2D eigenvalue weighted by molar-refractivity contribution is 6.39. The molecule has 0 bridgehead atoms. The summed E-state index contributed by atoms with van der Waals surface area (Å²) >= 11 is 6.05. The summed E-state index contributed by atoms with van der Waals surface area (Å²) in [7, 11) is 0. The summed E-state index contributed by atoms with van der Waals surface area (Å²) in [4.78, 5) is 51.2. The molecule has 2 N–H and O–H groups in total.